The number of ketones is 1. The first-order valence-corrected chi connectivity index (χ1v) is 10.1. The van der Waals surface area contributed by atoms with E-state index in [0.29, 0.717) is 12.0 Å². The van der Waals surface area contributed by atoms with Crippen LogP contribution in [0.15, 0.2) is 6.07 Å². The Hall–Kier alpha value is -2.44. The van der Waals surface area contributed by atoms with Gasteiger partial charge in [-0.2, -0.15) is 0 Å². The van der Waals surface area contributed by atoms with Gasteiger partial charge in [-0.25, -0.2) is 9.69 Å². The molecule has 0 aromatic carbocycles. The number of aromatic nitrogens is 1. The first-order chi connectivity index (χ1) is 13.1. The predicted molar refractivity (Wildman–Crippen MR) is 104 cm³/mol. The van der Waals surface area contributed by atoms with Crippen LogP contribution < -0.4 is 0 Å². The highest BCUT2D eigenvalue weighted by molar-refractivity contribution is 6.45. The van der Waals surface area contributed by atoms with E-state index in [0.717, 1.165) is 40.5 Å². The van der Waals surface area contributed by atoms with Crippen molar-refractivity contribution in [1.82, 2.24) is 14.4 Å². The van der Waals surface area contributed by atoms with Crippen LogP contribution in [0, 0.1) is 19.8 Å². The van der Waals surface area contributed by atoms with Crippen LogP contribution in [0.4, 0.5) is 4.79 Å². The summed E-state index contributed by atoms with van der Waals surface area (Å²) < 4.78 is 2.04. The quantitative estimate of drug-likeness (QED) is 0.441. The third-order valence-electron chi connectivity index (χ3n) is 6.08. The van der Waals surface area contributed by atoms with Gasteiger partial charge in [0, 0.05) is 29.0 Å². The van der Waals surface area contributed by atoms with Crippen molar-refractivity contribution < 1.29 is 19.2 Å². The van der Waals surface area contributed by atoms with E-state index in [2.05, 4.69) is 0 Å². The summed E-state index contributed by atoms with van der Waals surface area (Å²) in [6.45, 7) is 9.45. The van der Waals surface area contributed by atoms with E-state index in [9.17, 15) is 19.2 Å². The molecule has 152 valence electrons. The van der Waals surface area contributed by atoms with Crippen LogP contribution in [-0.2, 0) is 9.59 Å². The van der Waals surface area contributed by atoms with Crippen molar-refractivity contribution in [3.05, 3.63) is 23.0 Å². The largest absolute Gasteiger partial charge is 0.346 e. The van der Waals surface area contributed by atoms with Gasteiger partial charge in [-0.15, -0.1) is 0 Å². The van der Waals surface area contributed by atoms with E-state index in [1.807, 2.05) is 39.2 Å². The number of imide groups is 2. The van der Waals surface area contributed by atoms with E-state index >= 15 is 0 Å². The van der Waals surface area contributed by atoms with Crippen molar-refractivity contribution in [1.29, 1.82) is 0 Å². The minimum atomic E-state index is -0.895. The van der Waals surface area contributed by atoms with E-state index < -0.39 is 24.4 Å². The molecule has 2 fully saturated rings. The third kappa shape index (κ3) is 3.27. The fourth-order valence-corrected chi connectivity index (χ4v) is 4.72. The average Bonchev–Trinajstić information content (AvgIpc) is 3.04. The third-order valence-corrected chi connectivity index (χ3v) is 6.08. The fourth-order valence-electron chi connectivity index (χ4n) is 4.72. The summed E-state index contributed by atoms with van der Waals surface area (Å²) in [6.07, 6.45) is 3.63. The van der Waals surface area contributed by atoms with Gasteiger partial charge in [-0.05, 0) is 52.5 Å². The molecule has 1 aromatic heterocycles. The number of nitrogens with zero attached hydrogens (tertiary/aromatic N) is 3. The number of urea groups is 1. The van der Waals surface area contributed by atoms with Crippen molar-refractivity contribution in [2.45, 2.75) is 72.4 Å². The van der Waals surface area contributed by atoms with Crippen molar-refractivity contribution in [2.24, 2.45) is 5.92 Å². The summed E-state index contributed by atoms with van der Waals surface area (Å²) in [5.74, 6) is -1.86. The van der Waals surface area contributed by atoms with Crippen molar-refractivity contribution >= 4 is 23.6 Å². The predicted octanol–water partition coefficient (Wildman–Crippen LogP) is 3.24. The number of amides is 4. The van der Waals surface area contributed by atoms with E-state index in [1.54, 1.807) is 6.07 Å². The Balaban J connectivity index is 1.82. The summed E-state index contributed by atoms with van der Waals surface area (Å²) in [4.78, 5) is 52.6. The SMILES string of the molecule is Cc1cc(C(=O)CN2C(=O)C(=O)N([C@H]3CCCC[C@H]3C)C2=O)c(C)n1C(C)C. The molecular weight excluding hydrogens is 358 g/mol. The highest BCUT2D eigenvalue weighted by Gasteiger charge is 2.49. The number of hydrogen-bond acceptors (Lipinski definition) is 4. The second-order valence-electron chi connectivity index (χ2n) is 8.35. The zero-order chi connectivity index (χ0) is 20.7. The maximum absolute atomic E-state index is 12.9. The van der Waals surface area contributed by atoms with Crippen LogP contribution in [0.2, 0.25) is 0 Å². The molecule has 0 bridgehead atoms. The minimum absolute atomic E-state index is 0.162. The molecule has 2 heterocycles. The highest BCUT2D eigenvalue weighted by atomic mass is 16.2. The highest BCUT2D eigenvalue weighted by Crippen LogP contribution is 2.31. The van der Waals surface area contributed by atoms with Gasteiger partial charge in [-0.3, -0.25) is 19.3 Å². The van der Waals surface area contributed by atoms with E-state index in [4.69, 9.17) is 0 Å². The molecule has 4 amide bonds. The van der Waals surface area contributed by atoms with Gasteiger partial charge >= 0.3 is 17.8 Å². The topological polar surface area (TPSA) is 79.7 Å². The van der Waals surface area contributed by atoms with Crippen LogP contribution >= 0.6 is 0 Å². The summed E-state index contributed by atoms with van der Waals surface area (Å²) in [7, 11) is 0. The second kappa shape index (κ2) is 7.53. The van der Waals surface area contributed by atoms with Crippen LogP contribution in [-0.4, -0.2) is 50.6 Å². The number of carbonyl (C=O) groups is 4. The van der Waals surface area contributed by atoms with E-state index in [-0.39, 0.29) is 23.8 Å². The molecule has 7 nitrogen and oxygen atoms in total. The molecule has 7 heteroatoms. The van der Waals surface area contributed by atoms with Gasteiger partial charge in [0.2, 0.25) is 0 Å². The summed E-state index contributed by atoms with van der Waals surface area (Å²) in [6, 6.07) is 1.07. The average molecular weight is 387 g/mol. The lowest BCUT2D eigenvalue weighted by Gasteiger charge is -2.34. The summed E-state index contributed by atoms with van der Waals surface area (Å²) in [5.41, 5.74) is 2.24. The maximum atomic E-state index is 12.9. The first-order valence-electron chi connectivity index (χ1n) is 10.1. The Morgan fingerprint density at radius 2 is 1.75 bits per heavy atom. The Morgan fingerprint density at radius 1 is 1.11 bits per heavy atom. The number of rotatable bonds is 5. The molecule has 1 saturated carbocycles. The Labute approximate surface area is 165 Å². The lowest BCUT2D eigenvalue weighted by molar-refractivity contribution is -0.144. The number of Topliss-reactive ketones (excluding diaryl/α,β-unsaturated/α-hetero) is 1. The molecule has 0 N–H and O–H groups in total. The molecule has 2 aliphatic rings. The van der Waals surface area contributed by atoms with Gasteiger partial charge < -0.3 is 4.57 Å². The molecule has 1 aliphatic heterocycles. The van der Waals surface area contributed by atoms with Crippen LogP contribution in [0.3, 0.4) is 0 Å². The maximum Gasteiger partial charge on any atom is 0.334 e. The van der Waals surface area contributed by atoms with Crippen LogP contribution in [0.25, 0.3) is 0 Å². The fraction of sp³-hybridized carbons (Fsp3) is 0.619. The smallest absolute Gasteiger partial charge is 0.334 e. The van der Waals surface area contributed by atoms with Crippen molar-refractivity contribution in [3.63, 3.8) is 0 Å². The molecule has 0 spiro atoms. The zero-order valence-electron chi connectivity index (χ0n) is 17.3. The number of hydrogen-bond donors (Lipinski definition) is 0. The molecule has 1 aromatic rings. The molecule has 3 rings (SSSR count). The van der Waals surface area contributed by atoms with Crippen LogP contribution in [0.1, 0.15) is 74.2 Å². The summed E-state index contributed by atoms with van der Waals surface area (Å²) in [5, 5.41) is 0. The molecule has 0 unspecified atom stereocenters. The zero-order valence-corrected chi connectivity index (χ0v) is 17.3. The Bertz CT molecular complexity index is 839. The summed E-state index contributed by atoms with van der Waals surface area (Å²) >= 11 is 0. The standard InChI is InChI=1S/C21H29N3O4/c1-12(2)23-14(4)10-16(15(23)5)18(25)11-22-19(26)20(27)24(21(22)28)17-9-7-6-8-13(17)3/h10,12-13,17H,6-9,11H2,1-5H3/t13-,17+/m1/s1. The lowest BCUT2D eigenvalue weighted by Crippen LogP contribution is -2.46. The van der Waals surface area contributed by atoms with Gasteiger partial charge in [0.05, 0.1) is 6.54 Å². The molecule has 0 radical (unpaired) electrons. The molecule has 28 heavy (non-hydrogen) atoms. The van der Waals surface area contributed by atoms with E-state index in [1.165, 1.54) is 0 Å². The number of aryl methyl sites for hydroxylation is 1. The first kappa shape index (κ1) is 20.3. The molecule has 1 aliphatic carbocycles. The number of carbonyl (C=O) groups excluding carboxylic acids is 4. The van der Waals surface area contributed by atoms with Crippen molar-refractivity contribution in [2.75, 3.05) is 6.54 Å². The van der Waals surface area contributed by atoms with Crippen LogP contribution in [0.5, 0.6) is 0 Å². The molecular formula is C21H29N3O4. The van der Waals surface area contributed by atoms with Gasteiger partial charge in [0.1, 0.15) is 0 Å². The minimum Gasteiger partial charge on any atom is -0.346 e. The lowest BCUT2D eigenvalue weighted by atomic mass is 9.85. The van der Waals surface area contributed by atoms with Gasteiger partial charge in [0.25, 0.3) is 0 Å². The van der Waals surface area contributed by atoms with Crippen molar-refractivity contribution in [3.8, 4) is 0 Å². The molecule has 1 saturated heterocycles. The normalized spacial score (nSPS) is 23.3. The Kier molecular flexibility index (Phi) is 5.46. The van der Waals surface area contributed by atoms with Gasteiger partial charge in [-0.1, -0.05) is 19.8 Å². The monoisotopic (exact) mass is 387 g/mol. The van der Waals surface area contributed by atoms with Gasteiger partial charge in [0.15, 0.2) is 5.78 Å². The molecule has 2 atom stereocenters. The Morgan fingerprint density at radius 3 is 2.32 bits per heavy atom. The second-order valence-corrected chi connectivity index (χ2v) is 8.35.